The largest absolute Gasteiger partial charge is 0.480 e. The van der Waals surface area contributed by atoms with E-state index in [1.54, 1.807) is 0 Å². The second-order valence-electron chi connectivity index (χ2n) is 7.18. The molecule has 0 bridgehead atoms. The van der Waals surface area contributed by atoms with Crippen LogP contribution in [0.1, 0.15) is 30.0 Å². The van der Waals surface area contributed by atoms with Crippen molar-refractivity contribution in [2.45, 2.75) is 38.4 Å². The zero-order valence-corrected chi connectivity index (χ0v) is 16.3. The van der Waals surface area contributed by atoms with Crippen molar-refractivity contribution in [1.29, 1.82) is 0 Å². The predicted molar refractivity (Wildman–Crippen MR) is 113 cm³/mol. The van der Waals surface area contributed by atoms with Crippen LogP contribution in [-0.2, 0) is 24.3 Å². The smallest absolute Gasteiger partial charge is 0.324 e. The highest BCUT2D eigenvalue weighted by Crippen LogP contribution is 2.29. The molecule has 3 nitrogen and oxygen atoms in total. The van der Waals surface area contributed by atoms with E-state index in [2.05, 4.69) is 29.2 Å². The molecule has 0 aliphatic carbocycles. The molecule has 0 unspecified atom stereocenters. The Balaban J connectivity index is 2.00. The first-order valence-electron chi connectivity index (χ1n) is 9.74. The Labute approximate surface area is 167 Å². The number of benzene rings is 3. The highest BCUT2D eigenvalue weighted by molar-refractivity contribution is 5.79. The maximum Gasteiger partial charge on any atom is 0.324 e. The molecule has 28 heavy (non-hydrogen) atoms. The molecule has 0 amide bonds. The molecule has 3 aromatic rings. The topological polar surface area (TPSA) is 40.5 Å². The van der Waals surface area contributed by atoms with Gasteiger partial charge in [0.1, 0.15) is 5.54 Å². The van der Waals surface area contributed by atoms with E-state index in [0.29, 0.717) is 25.9 Å². The van der Waals surface area contributed by atoms with Gasteiger partial charge in [-0.1, -0.05) is 97.9 Å². The van der Waals surface area contributed by atoms with Gasteiger partial charge >= 0.3 is 5.97 Å². The Kier molecular flexibility index (Phi) is 6.62. The lowest BCUT2D eigenvalue weighted by Gasteiger charge is -2.40. The molecule has 0 aliphatic heterocycles. The molecule has 0 spiro atoms. The first-order chi connectivity index (χ1) is 13.6. The number of hydrogen-bond acceptors (Lipinski definition) is 2. The summed E-state index contributed by atoms with van der Waals surface area (Å²) in [6.07, 6.45) is 0.996. The quantitative estimate of drug-likeness (QED) is 0.563. The summed E-state index contributed by atoms with van der Waals surface area (Å²) in [6, 6.07) is 30.1. The van der Waals surface area contributed by atoms with Gasteiger partial charge in [-0.2, -0.15) is 0 Å². The number of aliphatic carboxylic acids is 1. The van der Waals surface area contributed by atoms with Crippen molar-refractivity contribution >= 4 is 5.97 Å². The summed E-state index contributed by atoms with van der Waals surface area (Å²) in [5, 5.41) is 10.4. The van der Waals surface area contributed by atoms with Crippen LogP contribution in [0.3, 0.4) is 0 Å². The minimum absolute atomic E-state index is 0.472. The van der Waals surface area contributed by atoms with Gasteiger partial charge in [-0.25, -0.2) is 0 Å². The average Bonchev–Trinajstić information content (AvgIpc) is 2.74. The molecule has 0 aliphatic rings. The zero-order chi connectivity index (χ0) is 19.8. The van der Waals surface area contributed by atoms with Crippen molar-refractivity contribution < 1.29 is 9.90 Å². The number of carboxylic acids is 1. The molecule has 3 aromatic carbocycles. The van der Waals surface area contributed by atoms with E-state index in [0.717, 1.165) is 16.7 Å². The lowest BCUT2D eigenvalue weighted by Crippen LogP contribution is -2.55. The zero-order valence-electron chi connectivity index (χ0n) is 16.3. The summed E-state index contributed by atoms with van der Waals surface area (Å²) < 4.78 is 0. The molecular weight excluding hydrogens is 346 g/mol. The van der Waals surface area contributed by atoms with Gasteiger partial charge in [0.05, 0.1) is 0 Å². The van der Waals surface area contributed by atoms with E-state index in [9.17, 15) is 9.90 Å². The fraction of sp³-hybridized carbons (Fsp3) is 0.240. The Hall–Kier alpha value is -2.91. The number of rotatable bonds is 9. The number of carboxylic acid groups (broad SMARTS) is 1. The molecule has 3 rings (SSSR count). The number of hydrogen-bond donors (Lipinski definition) is 1. The molecule has 0 fully saturated rings. The second-order valence-corrected chi connectivity index (χ2v) is 7.18. The summed E-state index contributed by atoms with van der Waals surface area (Å²) in [5.74, 6) is -0.772. The lowest BCUT2D eigenvalue weighted by molar-refractivity contribution is -0.153. The van der Waals surface area contributed by atoms with Gasteiger partial charge in [0.25, 0.3) is 0 Å². The first-order valence-corrected chi connectivity index (χ1v) is 9.74. The molecule has 144 valence electrons. The fourth-order valence-electron chi connectivity index (χ4n) is 3.72. The van der Waals surface area contributed by atoms with Gasteiger partial charge in [-0.05, 0) is 23.1 Å². The highest BCUT2D eigenvalue weighted by atomic mass is 16.4. The van der Waals surface area contributed by atoms with Crippen molar-refractivity contribution in [1.82, 2.24) is 4.90 Å². The first kappa shape index (κ1) is 19.8. The third-order valence-electron chi connectivity index (χ3n) is 5.36. The molecule has 3 heteroatoms. The van der Waals surface area contributed by atoms with E-state index in [-0.39, 0.29) is 0 Å². The standard InChI is InChI=1S/C25H27NO2/c1-2-25(24(27)28,18-21-12-6-3-7-13-21)26(19-22-14-8-4-9-15-22)20-23-16-10-5-11-17-23/h3-17H,2,18-20H2,1H3,(H,27,28)/t25-/m0/s1. The SMILES string of the molecule is CC[C@](Cc1ccccc1)(C(=O)O)N(Cc1ccccc1)Cc1ccccc1. The van der Waals surface area contributed by atoms with Crippen LogP contribution < -0.4 is 0 Å². The molecule has 0 aromatic heterocycles. The molecule has 1 N–H and O–H groups in total. The molecule has 1 atom stereocenters. The van der Waals surface area contributed by atoms with E-state index in [1.165, 1.54) is 0 Å². The van der Waals surface area contributed by atoms with E-state index < -0.39 is 11.5 Å². The van der Waals surface area contributed by atoms with Crippen LogP contribution >= 0.6 is 0 Å². The predicted octanol–water partition coefficient (Wildman–Crippen LogP) is 5.16. The van der Waals surface area contributed by atoms with Crippen molar-refractivity contribution in [3.63, 3.8) is 0 Å². The third kappa shape index (κ3) is 4.68. The summed E-state index contributed by atoms with van der Waals surface area (Å²) in [4.78, 5) is 14.8. The Morgan fingerprint density at radius 2 is 1.14 bits per heavy atom. The third-order valence-corrected chi connectivity index (χ3v) is 5.36. The van der Waals surface area contributed by atoms with E-state index in [4.69, 9.17) is 0 Å². The van der Waals surface area contributed by atoms with Crippen molar-refractivity contribution in [3.8, 4) is 0 Å². The van der Waals surface area contributed by atoms with Crippen LogP contribution in [0.15, 0.2) is 91.0 Å². The summed E-state index contributed by atoms with van der Waals surface area (Å²) in [5.41, 5.74) is 2.29. The molecule has 0 saturated carbocycles. The Morgan fingerprint density at radius 1 is 0.750 bits per heavy atom. The van der Waals surface area contributed by atoms with Gasteiger partial charge in [0, 0.05) is 19.5 Å². The number of nitrogens with zero attached hydrogens (tertiary/aromatic N) is 1. The van der Waals surface area contributed by atoms with Crippen LogP contribution in [0, 0.1) is 0 Å². The van der Waals surface area contributed by atoms with E-state index >= 15 is 0 Å². The molecular formula is C25H27NO2. The molecule has 0 saturated heterocycles. The fourth-order valence-corrected chi connectivity index (χ4v) is 3.72. The summed E-state index contributed by atoms with van der Waals surface area (Å²) in [6.45, 7) is 3.14. The summed E-state index contributed by atoms with van der Waals surface area (Å²) in [7, 11) is 0. The normalized spacial score (nSPS) is 13.2. The van der Waals surface area contributed by atoms with Gasteiger partial charge in [-0.15, -0.1) is 0 Å². The minimum atomic E-state index is -0.979. The van der Waals surface area contributed by atoms with Gasteiger partial charge < -0.3 is 5.11 Å². The average molecular weight is 373 g/mol. The Bertz CT molecular complexity index is 823. The molecule has 0 radical (unpaired) electrons. The minimum Gasteiger partial charge on any atom is -0.480 e. The lowest BCUT2D eigenvalue weighted by atomic mass is 9.85. The monoisotopic (exact) mass is 373 g/mol. The van der Waals surface area contributed by atoms with Crippen LogP contribution in [0.25, 0.3) is 0 Å². The van der Waals surface area contributed by atoms with E-state index in [1.807, 2.05) is 73.7 Å². The highest BCUT2D eigenvalue weighted by Gasteiger charge is 2.42. The molecule has 0 heterocycles. The van der Waals surface area contributed by atoms with Gasteiger partial charge in [0.15, 0.2) is 0 Å². The van der Waals surface area contributed by atoms with Gasteiger partial charge in [-0.3, -0.25) is 9.69 Å². The van der Waals surface area contributed by atoms with Crippen molar-refractivity contribution in [3.05, 3.63) is 108 Å². The van der Waals surface area contributed by atoms with Crippen LogP contribution in [0.2, 0.25) is 0 Å². The maximum atomic E-state index is 12.6. The van der Waals surface area contributed by atoms with Gasteiger partial charge in [0.2, 0.25) is 0 Å². The van der Waals surface area contributed by atoms with Crippen LogP contribution in [0.4, 0.5) is 0 Å². The summed E-state index contributed by atoms with van der Waals surface area (Å²) >= 11 is 0. The Morgan fingerprint density at radius 3 is 1.50 bits per heavy atom. The second kappa shape index (κ2) is 9.34. The number of carbonyl (C=O) groups is 1. The maximum absolute atomic E-state index is 12.6. The van der Waals surface area contributed by atoms with Crippen molar-refractivity contribution in [2.75, 3.05) is 0 Å². The van der Waals surface area contributed by atoms with Crippen molar-refractivity contribution in [2.24, 2.45) is 0 Å². The van der Waals surface area contributed by atoms with Crippen LogP contribution in [0.5, 0.6) is 0 Å². The van der Waals surface area contributed by atoms with Crippen LogP contribution in [-0.4, -0.2) is 21.5 Å².